The summed E-state index contributed by atoms with van der Waals surface area (Å²) in [5.41, 5.74) is 5.27. The minimum Gasteiger partial charge on any atom is -0.480 e. The molecule has 1 rings (SSSR count). The van der Waals surface area contributed by atoms with E-state index in [4.69, 9.17) is 10.8 Å². The molecule has 0 aliphatic rings. The van der Waals surface area contributed by atoms with Crippen LogP contribution in [0.3, 0.4) is 0 Å². The van der Waals surface area contributed by atoms with Gasteiger partial charge < -0.3 is 15.4 Å². The zero-order valence-corrected chi connectivity index (χ0v) is 7.66. The Morgan fingerprint density at radius 2 is 2.46 bits per heavy atom. The maximum atomic E-state index is 11.0. The molecule has 72 valence electrons. The van der Waals surface area contributed by atoms with Crippen molar-refractivity contribution in [1.29, 1.82) is 0 Å². The zero-order chi connectivity index (χ0) is 9.84. The Morgan fingerprint density at radius 1 is 1.77 bits per heavy atom. The van der Waals surface area contributed by atoms with Crippen LogP contribution in [-0.2, 0) is 11.3 Å². The quantitative estimate of drug-likeness (QED) is 0.702. The first-order valence-electron chi connectivity index (χ1n) is 3.73. The van der Waals surface area contributed by atoms with Gasteiger partial charge in [0.2, 0.25) is 0 Å². The van der Waals surface area contributed by atoms with Crippen molar-refractivity contribution in [3.05, 3.63) is 21.2 Å². The average molecular weight is 202 g/mol. The van der Waals surface area contributed by atoms with E-state index in [2.05, 4.69) is 0 Å². The Labute approximate surface area is 78.4 Å². The van der Waals surface area contributed by atoms with E-state index in [0.29, 0.717) is 6.54 Å². The summed E-state index contributed by atoms with van der Waals surface area (Å²) in [5.74, 6) is -1.04. The molecule has 0 saturated carbocycles. The van der Waals surface area contributed by atoms with Crippen molar-refractivity contribution in [2.75, 3.05) is 0 Å². The molecule has 1 atom stereocenters. The number of aryl methyl sites for hydroxylation is 1. The lowest BCUT2D eigenvalue weighted by Crippen LogP contribution is -2.32. The molecule has 0 radical (unpaired) electrons. The molecule has 1 heterocycles. The first kappa shape index (κ1) is 9.94. The number of carboxylic acids is 1. The van der Waals surface area contributed by atoms with Crippen molar-refractivity contribution in [2.24, 2.45) is 5.73 Å². The molecule has 1 unspecified atom stereocenters. The smallest absolute Gasteiger partial charge is 0.320 e. The molecule has 1 aromatic rings. The largest absolute Gasteiger partial charge is 0.480 e. The predicted molar refractivity (Wildman–Crippen MR) is 48.8 cm³/mol. The van der Waals surface area contributed by atoms with Gasteiger partial charge >= 0.3 is 10.8 Å². The van der Waals surface area contributed by atoms with E-state index >= 15 is 0 Å². The summed E-state index contributed by atoms with van der Waals surface area (Å²) in [5, 5.41) is 10.1. The Bertz CT molecular complexity index is 344. The number of nitrogens with two attached hydrogens (primary N) is 1. The van der Waals surface area contributed by atoms with Gasteiger partial charge in [0.1, 0.15) is 6.04 Å². The number of carbonyl (C=O) groups is 1. The molecule has 6 heteroatoms. The maximum absolute atomic E-state index is 11.0. The summed E-state index contributed by atoms with van der Waals surface area (Å²) in [6.45, 7) is 0.357. The second-order valence-electron chi connectivity index (χ2n) is 2.60. The Balaban J connectivity index is 2.48. The number of hydrogen-bond donors (Lipinski definition) is 2. The van der Waals surface area contributed by atoms with Gasteiger partial charge in [-0.1, -0.05) is 11.3 Å². The number of hydrogen-bond acceptors (Lipinski definition) is 4. The second kappa shape index (κ2) is 4.20. The summed E-state index contributed by atoms with van der Waals surface area (Å²) in [7, 11) is 0. The van der Waals surface area contributed by atoms with Gasteiger partial charge in [0, 0.05) is 18.1 Å². The Hall–Kier alpha value is -1.14. The molecule has 0 aliphatic heterocycles. The van der Waals surface area contributed by atoms with Crippen LogP contribution in [0.1, 0.15) is 6.42 Å². The fourth-order valence-corrected chi connectivity index (χ4v) is 1.47. The van der Waals surface area contributed by atoms with E-state index in [1.54, 1.807) is 11.6 Å². The molecule has 0 amide bonds. The van der Waals surface area contributed by atoms with Crippen molar-refractivity contribution in [3.63, 3.8) is 0 Å². The number of thiazole rings is 1. The highest BCUT2D eigenvalue weighted by Gasteiger charge is 2.11. The first-order valence-corrected chi connectivity index (χ1v) is 4.61. The lowest BCUT2D eigenvalue weighted by molar-refractivity contribution is -0.138. The molecule has 0 aromatic carbocycles. The number of aromatic nitrogens is 1. The van der Waals surface area contributed by atoms with Gasteiger partial charge in [-0.2, -0.15) is 0 Å². The number of nitrogens with zero attached hydrogens (tertiary/aromatic N) is 1. The summed E-state index contributed by atoms with van der Waals surface area (Å²) in [6, 6.07) is -0.896. The standard InChI is InChI=1S/C7H10N2O3S/c8-5(6(10)11)1-2-9-3-4-13-7(9)12/h3-5H,1-2,8H2,(H,10,11). The van der Waals surface area contributed by atoms with E-state index in [0.717, 1.165) is 11.3 Å². The van der Waals surface area contributed by atoms with Crippen LogP contribution in [0.15, 0.2) is 16.4 Å². The third-order valence-corrected chi connectivity index (χ3v) is 2.34. The van der Waals surface area contributed by atoms with E-state index in [1.165, 1.54) is 4.57 Å². The van der Waals surface area contributed by atoms with Crippen molar-refractivity contribution in [2.45, 2.75) is 19.0 Å². The lowest BCUT2D eigenvalue weighted by Gasteiger charge is -2.05. The van der Waals surface area contributed by atoms with Gasteiger partial charge in [0.15, 0.2) is 0 Å². The van der Waals surface area contributed by atoms with Crippen LogP contribution >= 0.6 is 11.3 Å². The van der Waals surface area contributed by atoms with Gasteiger partial charge in [-0.15, -0.1) is 0 Å². The van der Waals surface area contributed by atoms with Crippen molar-refractivity contribution in [1.82, 2.24) is 4.57 Å². The summed E-state index contributed by atoms with van der Waals surface area (Å²) < 4.78 is 1.45. The second-order valence-corrected chi connectivity index (χ2v) is 3.45. The first-order chi connectivity index (χ1) is 6.11. The van der Waals surface area contributed by atoms with Crippen LogP contribution in [-0.4, -0.2) is 21.7 Å². The summed E-state index contributed by atoms with van der Waals surface area (Å²) >= 11 is 1.08. The molecule has 13 heavy (non-hydrogen) atoms. The van der Waals surface area contributed by atoms with Gasteiger partial charge in [0.25, 0.3) is 0 Å². The fourth-order valence-electron chi connectivity index (χ4n) is 0.858. The fraction of sp³-hybridized carbons (Fsp3) is 0.429. The van der Waals surface area contributed by atoms with Crippen molar-refractivity contribution >= 4 is 17.3 Å². The maximum Gasteiger partial charge on any atom is 0.320 e. The normalized spacial score (nSPS) is 12.7. The predicted octanol–water partition coefficient (Wildman–Crippen LogP) is -0.288. The van der Waals surface area contributed by atoms with Crippen LogP contribution in [0, 0.1) is 0 Å². The molecule has 1 aromatic heterocycles. The average Bonchev–Trinajstić information content (AvgIpc) is 2.47. The molecule has 0 aliphatic carbocycles. The molecule has 0 saturated heterocycles. The van der Waals surface area contributed by atoms with E-state index < -0.39 is 12.0 Å². The van der Waals surface area contributed by atoms with Gasteiger partial charge in [-0.05, 0) is 6.42 Å². The van der Waals surface area contributed by atoms with Crippen LogP contribution < -0.4 is 10.6 Å². The van der Waals surface area contributed by atoms with Crippen LogP contribution in [0.2, 0.25) is 0 Å². The van der Waals surface area contributed by atoms with Gasteiger partial charge in [-0.25, -0.2) is 0 Å². The molecular formula is C7H10N2O3S. The van der Waals surface area contributed by atoms with Gasteiger partial charge in [-0.3, -0.25) is 9.59 Å². The Kier molecular flexibility index (Phi) is 3.21. The molecule has 0 fully saturated rings. The summed E-state index contributed by atoms with van der Waals surface area (Å²) in [4.78, 5) is 21.2. The molecule has 0 bridgehead atoms. The van der Waals surface area contributed by atoms with Crippen LogP contribution in [0.25, 0.3) is 0 Å². The van der Waals surface area contributed by atoms with Gasteiger partial charge in [0.05, 0.1) is 0 Å². The molecular weight excluding hydrogens is 192 g/mol. The number of carboxylic acid groups (broad SMARTS) is 1. The lowest BCUT2D eigenvalue weighted by atomic mass is 10.2. The molecule has 0 spiro atoms. The van der Waals surface area contributed by atoms with E-state index in [1.807, 2.05) is 0 Å². The van der Waals surface area contributed by atoms with E-state index in [-0.39, 0.29) is 11.3 Å². The SMILES string of the molecule is NC(CCn1ccsc1=O)C(=O)O. The topological polar surface area (TPSA) is 85.3 Å². The highest BCUT2D eigenvalue weighted by atomic mass is 32.1. The molecule has 5 nitrogen and oxygen atoms in total. The van der Waals surface area contributed by atoms with E-state index in [9.17, 15) is 9.59 Å². The van der Waals surface area contributed by atoms with Crippen LogP contribution in [0.5, 0.6) is 0 Å². The summed E-state index contributed by atoms with van der Waals surface area (Å²) in [6.07, 6.45) is 1.90. The number of rotatable bonds is 4. The third-order valence-electron chi connectivity index (χ3n) is 1.64. The monoisotopic (exact) mass is 202 g/mol. The molecule has 3 N–H and O–H groups in total. The highest BCUT2D eigenvalue weighted by molar-refractivity contribution is 7.07. The minimum atomic E-state index is -1.04. The zero-order valence-electron chi connectivity index (χ0n) is 6.84. The minimum absolute atomic E-state index is 0.0856. The third kappa shape index (κ3) is 2.67. The number of aliphatic carboxylic acids is 1. The van der Waals surface area contributed by atoms with Crippen LogP contribution in [0.4, 0.5) is 0 Å². The van der Waals surface area contributed by atoms with Crippen molar-refractivity contribution in [3.8, 4) is 0 Å². The highest BCUT2D eigenvalue weighted by Crippen LogP contribution is 1.95. The Morgan fingerprint density at radius 3 is 2.92 bits per heavy atom. The van der Waals surface area contributed by atoms with Crippen molar-refractivity contribution < 1.29 is 9.90 Å².